The third-order valence-electron chi connectivity index (χ3n) is 3.77. The molecule has 1 N–H and O–H groups in total. The molecule has 0 bridgehead atoms. The minimum absolute atomic E-state index is 0.706. The molecule has 2 nitrogen and oxygen atoms in total. The molecule has 1 saturated carbocycles. The summed E-state index contributed by atoms with van der Waals surface area (Å²) in [6.45, 7) is 8.11. The molecule has 106 valence electrons. The summed E-state index contributed by atoms with van der Waals surface area (Å²) >= 11 is 0. The molecule has 2 heteroatoms. The number of nitrogens with one attached hydrogen (secondary N) is 1. The molecule has 1 unspecified atom stereocenters. The van der Waals surface area contributed by atoms with E-state index in [1.165, 1.54) is 37.9 Å². The van der Waals surface area contributed by atoms with Crippen LogP contribution in [-0.2, 0) is 0 Å². The Morgan fingerprint density at radius 1 is 1.26 bits per heavy atom. The zero-order valence-electron chi connectivity index (χ0n) is 12.4. The summed E-state index contributed by atoms with van der Waals surface area (Å²) in [5, 5.41) is 3.64. The topological polar surface area (TPSA) is 15.3 Å². The fourth-order valence-electron chi connectivity index (χ4n) is 2.41. The molecule has 0 saturated heterocycles. The van der Waals surface area contributed by atoms with Crippen molar-refractivity contribution in [3.63, 3.8) is 0 Å². The number of rotatable bonds is 9. The maximum absolute atomic E-state index is 3.64. The predicted octanol–water partition coefficient (Wildman–Crippen LogP) is 3.68. The number of anilines is 1. The Labute approximate surface area is 118 Å². The van der Waals surface area contributed by atoms with Crippen molar-refractivity contribution < 1.29 is 0 Å². The summed E-state index contributed by atoms with van der Waals surface area (Å²) < 4.78 is 0. The third kappa shape index (κ3) is 5.23. The van der Waals surface area contributed by atoms with E-state index in [-0.39, 0.29) is 0 Å². The van der Waals surface area contributed by atoms with Crippen molar-refractivity contribution in [3.8, 4) is 0 Å². The van der Waals surface area contributed by atoms with Gasteiger partial charge in [0.2, 0.25) is 0 Å². The molecule has 1 aromatic rings. The standard InChI is InChI=1S/C17H28N2/c1-3-4-12-19(17-8-6-5-7-9-17)14-15(2)13-18-16-10-11-16/h5-9,15-16,18H,3-4,10-14H2,1-2H3. The predicted molar refractivity (Wildman–Crippen MR) is 83.8 cm³/mol. The molecular weight excluding hydrogens is 232 g/mol. The number of hydrogen-bond acceptors (Lipinski definition) is 2. The number of nitrogens with zero attached hydrogens (tertiary/aromatic N) is 1. The number of hydrogen-bond donors (Lipinski definition) is 1. The molecule has 0 amide bonds. The van der Waals surface area contributed by atoms with Gasteiger partial charge in [-0.2, -0.15) is 0 Å². The highest BCUT2D eigenvalue weighted by atomic mass is 15.1. The van der Waals surface area contributed by atoms with Crippen LogP contribution in [-0.4, -0.2) is 25.7 Å². The first kappa shape index (κ1) is 14.4. The largest absolute Gasteiger partial charge is 0.371 e. The van der Waals surface area contributed by atoms with Crippen molar-refractivity contribution in [1.29, 1.82) is 0 Å². The second kappa shape index (κ2) is 7.54. The van der Waals surface area contributed by atoms with Gasteiger partial charge in [-0.05, 0) is 43.9 Å². The van der Waals surface area contributed by atoms with Gasteiger partial charge in [0.1, 0.15) is 0 Å². The molecule has 19 heavy (non-hydrogen) atoms. The van der Waals surface area contributed by atoms with Crippen molar-refractivity contribution in [2.75, 3.05) is 24.5 Å². The van der Waals surface area contributed by atoms with Crippen molar-refractivity contribution in [2.24, 2.45) is 5.92 Å². The normalized spacial score (nSPS) is 16.3. The summed E-state index contributed by atoms with van der Waals surface area (Å²) in [5.74, 6) is 0.706. The molecule has 1 aliphatic carbocycles. The average molecular weight is 260 g/mol. The van der Waals surface area contributed by atoms with E-state index in [0.717, 1.165) is 19.1 Å². The van der Waals surface area contributed by atoms with Gasteiger partial charge >= 0.3 is 0 Å². The van der Waals surface area contributed by atoms with Gasteiger partial charge in [0.05, 0.1) is 0 Å². The van der Waals surface area contributed by atoms with Crippen LogP contribution in [0.25, 0.3) is 0 Å². The molecule has 0 spiro atoms. The summed E-state index contributed by atoms with van der Waals surface area (Å²) in [7, 11) is 0. The second-order valence-electron chi connectivity index (χ2n) is 5.92. The van der Waals surface area contributed by atoms with Crippen LogP contribution in [0.5, 0.6) is 0 Å². The Bertz CT molecular complexity index is 346. The number of benzene rings is 1. The first-order valence-corrected chi connectivity index (χ1v) is 7.83. The summed E-state index contributed by atoms with van der Waals surface area (Å²) in [6, 6.07) is 11.7. The minimum Gasteiger partial charge on any atom is -0.371 e. The highest BCUT2D eigenvalue weighted by Crippen LogP contribution is 2.20. The first-order chi connectivity index (χ1) is 9.29. The molecule has 2 rings (SSSR count). The van der Waals surface area contributed by atoms with Gasteiger partial charge in [-0.1, -0.05) is 38.5 Å². The van der Waals surface area contributed by atoms with E-state index in [2.05, 4.69) is 54.4 Å². The van der Waals surface area contributed by atoms with Gasteiger partial charge in [0, 0.05) is 24.8 Å². The Morgan fingerprint density at radius 2 is 2.00 bits per heavy atom. The Hall–Kier alpha value is -1.02. The second-order valence-corrected chi connectivity index (χ2v) is 5.92. The molecule has 0 aromatic heterocycles. The first-order valence-electron chi connectivity index (χ1n) is 7.83. The summed E-state index contributed by atoms with van der Waals surface area (Å²) in [4.78, 5) is 2.54. The van der Waals surface area contributed by atoms with Crippen LogP contribution in [0, 0.1) is 5.92 Å². The van der Waals surface area contributed by atoms with E-state index in [0.29, 0.717) is 5.92 Å². The van der Waals surface area contributed by atoms with Gasteiger partial charge in [-0.15, -0.1) is 0 Å². The van der Waals surface area contributed by atoms with Gasteiger partial charge in [0.15, 0.2) is 0 Å². The van der Waals surface area contributed by atoms with Crippen LogP contribution in [0.3, 0.4) is 0 Å². The van der Waals surface area contributed by atoms with Crippen molar-refractivity contribution >= 4 is 5.69 Å². The fraction of sp³-hybridized carbons (Fsp3) is 0.647. The van der Waals surface area contributed by atoms with Crippen LogP contribution < -0.4 is 10.2 Å². The Kier molecular flexibility index (Phi) is 5.71. The molecule has 1 aliphatic rings. The van der Waals surface area contributed by atoms with Crippen molar-refractivity contribution in [2.45, 2.75) is 45.6 Å². The smallest absolute Gasteiger partial charge is 0.0366 e. The van der Waals surface area contributed by atoms with Gasteiger partial charge in [-0.3, -0.25) is 0 Å². The molecular formula is C17H28N2. The van der Waals surface area contributed by atoms with Crippen molar-refractivity contribution in [3.05, 3.63) is 30.3 Å². The zero-order chi connectivity index (χ0) is 13.5. The maximum Gasteiger partial charge on any atom is 0.0366 e. The maximum atomic E-state index is 3.64. The van der Waals surface area contributed by atoms with Gasteiger partial charge in [-0.25, -0.2) is 0 Å². The minimum atomic E-state index is 0.706. The lowest BCUT2D eigenvalue weighted by Gasteiger charge is -2.28. The van der Waals surface area contributed by atoms with E-state index >= 15 is 0 Å². The molecule has 1 aromatic carbocycles. The highest BCUT2D eigenvalue weighted by Gasteiger charge is 2.21. The lowest BCUT2D eigenvalue weighted by Crippen LogP contribution is -2.34. The number of unbranched alkanes of at least 4 members (excludes halogenated alkanes) is 1. The van der Waals surface area contributed by atoms with E-state index in [9.17, 15) is 0 Å². The molecule has 1 atom stereocenters. The fourth-order valence-corrected chi connectivity index (χ4v) is 2.41. The molecule has 0 aliphatic heterocycles. The SMILES string of the molecule is CCCCN(CC(C)CNC1CC1)c1ccccc1. The third-order valence-corrected chi connectivity index (χ3v) is 3.77. The monoisotopic (exact) mass is 260 g/mol. The van der Waals surface area contributed by atoms with E-state index in [4.69, 9.17) is 0 Å². The van der Waals surface area contributed by atoms with Crippen LogP contribution in [0.2, 0.25) is 0 Å². The molecule has 0 heterocycles. The quantitative estimate of drug-likeness (QED) is 0.728. The van der Waals surface area contributed by atoms with E-state index < -0.39 is 0 Å². The van der Waals surface area contributed by atoms with Gasteiger partial charge in [0.25, 0.3) is 0 Å². The summed E-state index contributed by atoms with van der Waals surface area (Å²) in [6.07, 6.45) is 5.30. The highest BCUT2D eigenvalue weighted by molar-refractivity contribution is 5.45. The van der Waals surface area contributed by atoms with Crippen LogP contribution in [0.1, 0.15) is 39.5 Å². The lowest BCUT2D eigenvalue weighted by molar-refractivity contribution is 0.498. The number of para-hydroxylation sites is 1. The zero-order valence-corrected chi connectivity index (χ0v) is 12.4. The van der Waals surface area contributed by atoms with E-state index in [1.807, 2.05) is 0 Å². The van der Waals surface area contributed by atoms with Crippen LogP contribution in [0.15, 0.2) is 30.3 Å². The van der Waals surface area contributed by atoms with Crippen molar-refractivity contribution in [1.82, 2.24) is 5.32 Å². The Balaban J connectivity index is 1.85. The molecule has 1 fully saturated rings. The van der Waals surface area contributed by atoms with Crippen LogP contribution in [0.4, 0.5) is 5.69 Å². The molecule has 0 radical (unpaired) electrons. The van der Waals surface area contributed by atoms with Crippen LogP contribution >= 0.6 is 0 Å². The summed E-state index contributed by atoms with van der Waals surface area (Å²) in [5.41, 5.74) is 1.37. The Morgan fingerprint density at radius 3 is 2.63 bits per heavy atom. The van der Waals surface area contributed by atoms with E-state index in [1.54, 1.807) is 0 Å². The van der Waals surface area contributed by atoms with Gasteiger partial charge < -0.3 is 10.2 Å². The lowest BCUT2D eigenvalue weighted by atomic mass is 10.1. The average Bonchev–Trinajstić information content (AvgIpc) is 3.26.